The number of carbonyl (C=O) groups excluding carboxylic acids is 2. The smallest absolute Gasteiger partial charge is 0.244 e. The predicted octanol–water partition coefficient (Wildman–Crippen LogP) is 2.38. The molecule has 8 heteroatoms. The summed E-state index contributed by atoms with van der Waals surface area (Å²) in [4.78, 5) is 23.7. The van der Waals surface area contributed by atoms with Gasteiger partial charge in [-0.15, -0.1) is 5.10 Å². The Labute approximate surface area is 150 Å². The van der Waals surface area contributed by atoms with Crippen molar-refractivity contribution in [1.82, 2.24) is 20.4 Å². The van der Waals surface area contributed by atoms with E-state index in [1.165, 1.54) is 11.5 Å². The molecule has 0 aliphatic rings. The van der Waals surface area contributed by atoms with Crippen LogP contribution in [-0.2, 0) is 16.1 Å². The van der Waals surface area contributed by atoms with E-state index in [0.29, 0.717) is 13.0 Å². The lowest BCUT2D eigenvalue weighted by Crippen LogP contribution is -2.34. The minimum atomic E-state index is -0.554. The van der Waals surface area contributed by atoms with Crippen molar-refractivity contribution in [3.8, 4) is 11.3 Å². The molecule has 0 radical (unpaired) electrons. The number of nitrogens with zero attached hydrogens (tertiary/aromatic N) is 2. The van der Waals surface area contributed by atoms with Crippen molar-refractivity contribution in [2.24, 2.45) is 11.8 Å². The molecule has 0 bridgehead atoms. The Hall–Kier alpha value is -2.32. The van der Waals surface area contributed by atoms with Crippen LogP contribution in [0.5, 0.6) is 0 Å². The van der Waals surface area contributed by atoms with E-state index in [2.05, 4.69) is 14.9 Å². The van der Waals surface area contributed by atoms with Crippen molar-refractivity contribution in [2.75, 3.05) is 0 Å². The van der Waals surface area contributed by atoms with Crippen molar-refractivity contribution in [3.63, 3.8) is 0 Å². The molecule has 0 saturated heterocycles. The zero-order valence-electron chi connectivity index (χ0n) is 14.2. The lowest BCUT2D eigenvalue weighted by molar-refractivity contribution is -0.135. The van der Waals surface area contributed by atoms with E-state index in [1.807, 2.05) is 43.5 Å². The fraction of sp³-hybridized carbons (Fsp3) is 0.412. The molecule has 1 heterocycles. The van der Waals surface area contributed by atoms with Gasteiger partial charge >= 0.3 is 0 Å². The highest BCUT2D eigenvalue weighted by molar-refractivity contribution is 7.03. The van der Waals surface area contributed by atoms with Gasteiger partial charge in [0.2, 0.25) is 11.8 Å². The summed E-state index contributed by atoms with van der Waals surface area (Å²) < 4.78 is 3.84. The van der Waals surface area contributed by atoms with Gasteiger partial charge in [0.25, 0.3) is 0 Å². The van der Waals surface area contributed by atoms with Gasteiger partial charge in [0.15, 0.2) is 0 Å². The number of rotatable bonds is 8. The normalized spacial score (nSPS) is 12.0. The Morgan fingerprint density at radius 3 is 2.52 bits per heavy atom. The number of carbonyl (C=O) groups is 2. The topological polar surface area (TPSA) is 104 Å². The molecule has 0 fully saturated rings. The maximum absolute atomic E-state index is 12.4. The standard InChI is InChI=1S/C17H22N4O3S/c1-11(2)7-14(8-16(22)20-24)17(23)18-9-12-3-5-13(6-4-12)15-10-25-21-19-15/h3-6,10-11,14,24H,7-9H2,1-2H3,(H,18,23)(H,20,22). The predicted molar refractivity (Wildman–Crippen MR) is 94.7 cm³/mol. The van der Waals surface area contributed by atoms with E-state index in [0.717, 1.165) is 16.8 Å². The van der Waals surface area contributed by atoms with E-state index in [9.17, 15) is 9.59 Å². The highest BCUT2D eigenvalue weighted by atomic mass is 32.1. The number of nitrogens with one attached hydrogen (secondary N) is 2. The number of amides is 2. The van der Waals surface area contributed by atoms with Gasteiger partial charge in [-0.05, 0) is 29.4 Å². The number of hydrogen-bond donors (Lipinski definition) is 3. The first kappa shape index (κ1) is 19.0. The molecule has 1 aromatic heterocycles. The molecule has 3 N–H and O–H groups in total. The second-order valence-corrected chi connectivity index (χ2v) is 6.88. The summed E-state index contributed by atoms with van der Waals surface area (Å²) in [6, 6.07) is 7.71. The molecular weight excluding hydrogens is 340 g/mol. The molecule has 0 saturated carbocycles. The van der Waals surface area contributed by atoms with Gasteiger partial charge in [0.05, 0.1) is 0 Å². The number of aromatic nitrogens is 2. The average Bonchev–Trinajstić information content (AvgIpc) is 3.13. The highest BCUT2D eigenvalue weighted by Gasteiger charge is 2.22. The maximum Gasteiger partial charge on any atom is 0.244 e. The van der Waals surface area contributed by atoms with Crippen LogP contribution in [0.4, 0.5) is 0 Å². The fourth-order valence-electron chi connectivity index (χ4n) is 2.54. The van der Waals surface area contributed by atoms with Crippen LogP contribution in [0.25, 0.3) is 11.3 Å². The summed E-state index contributed by atoms with van der Waals surface area (Å²) in [6.45, 7) is 4.36. The first-order valence-corrected chi connectivity index (χ1v) is 8.90. The van der Waals surface area contributed by atoms with Crippen LogP contribution < -0.4 is 10.8 Å². The van der Waals surface area contributed by atoms with Crippen molar-refractivity contribution in [3.05, 3.63) is 35.2 Å². The summed E-state index contributed by atoms with van der Waals surface area (Å²) in [6.07, 6.45) is 0.547. The third-order valence-corrected chi connectivity index (χ3v) is 4.26. The molecule has 0 aliphatic carbocycles. The van der Waals surface area contributed by atoms with Crippen LogP contribution in [-0.4, -0.2) is 26.6 Å². The molecule has 1 atom stereocenters. The number of benzene rings is 1. The Kier molecular flexibility index (Phi) is 7.03. The van der Waals surface area contributed by atoms with Gasteiger partial charge in [-0.2, -0.15) is 0 Å². The lowest BCUT2D eigenvalue weighted by Gasteiger charge is -2.18. The van der Waals surface area contributed by atoms with Crippen molar-refractivity contribution in [1.29, 1.82) is 0 Å². The van der Waals surface area contributed by atoms with E-state index in [-0.39, 0.29) is 18.2 Å². The van der Waals surface area contributed by atoms with Crippen LogP contribution in [0.15, 0.2) is 29.6 Å². The molecule has 25 heavy (non-hydrogen) atoms. The minimum absolute atomic E-state index is 0.0315. The van der Waals surface area contributed by atoms with Gasteiger partial charge in [-0.1, -0.05) is 42.6 Å². The molecular formula is C17H22N4O3S. The molecule has 1 unspecified atom stereocenters. The van der Waals surface area contributed by atoms with Gasteiger partial charge in [-0.25, -0.2) is 5.48 Å². The van der Waals surface area contributed by atoms with E-state index in [1.54, 1.807) is 5.48 Å². The van der Waals surface area contributed by atoms with Crippen LogP contribution >= 0.6 is 11.5 Å². The van der Waals surface area contributed by atoms with E-state index >= 15 is 0 Å². The SMILES string of the molecule is CC(C)CC(CC(=O)NO)C(=O)NCc1ccc(-c2csnn2)cc1. The molecule has 0 aliphatic heterocycles. The zero-order chi connectivity index (χ0) is 18.2. The summed E-state index contributed by atoms with van der Waals surface area (Å²) in [5, 5.41) is 17.4. The van der Waals surface area contributed by atoms with Crippen molar-refractivity contribution >= 4 is 23.3 Å². The fourth-order valence-corrected chi connectivity index (χ4v) is 3.00. The van der Waals surface area contributed by atoms with E-state index < -0.39 is 11.8 Å². The second-order valence-electron chi connectivity index (χ2n) is 6.27. The molecule has 2 aromatic rings. The quantitative estimate of drug-likeness (QED) is 0.494. The van der Waals surface area contributed by atoms with Gasteiger partial charge in [-0.3, -0.25) is 14.8 Å². The molecule has 1 aromatic carbocycles. The third kappa shape index (κ3) is 5.91. The van der Waals surface area contributed by atoms with Gasteiger partial charge in [0.1, 0.15) is 5.69 Å². The van der Waals surface area contributed by atoms with Crippen LogP contribution in [0.2, 0.25) is 0 Å². The first-order chi connectivity index (χ1) is 12.0. The summed E-state index contributed by atoms with van der Waals surface area (Å²) in [5.41, 5.74) is 4.34. The molecule has 0 spiro atoms. The minimum Gasteiger partial charge on any atom is -0.352 e. The first-order valence-electron chi connectivity index (χ1n) is 8.06. The Bertz CT molecular complexity index is 686. The Morgan fingerprint density at radius 2 is 1.96 bits per heavy atom. The maximum atomic E-state index is 12.4. The largest absolute Gasteiger partial charge is 0.352 e. The van der Waals surface area contributed by atoms with Crippen LogP contribution in [0.1, 0.15) is 32.3 Å². The van der Waals surface area contributed by atoms with Crippen molar-refractivity contribution < 1.29 is 14.8 Å². The summed E-state index contributed by atoms with van der Waals surface area (Å²) in [5.74, 6) is -0.937. The van der Waals surface area contributed by atoms with Gasteiger partial charge < -0.3 is 5.32 Å². The molecule has 2 rings (SSSR count). The molecule has 2 amide bonds. The molecule has 134 valence electrons. The van der Waals surface area contributed by atoms with Crippen LogP contribution in [0.3, 0.4) is 0 Å². The summed E-state index contributed by atoms with van der Waals surface area (Å²) in [7, 11) is 0. The number of hydrogen-bond acceptors (Lipinski definition) is 6. The number of hydroxylamine groups is 1. The monoisotopic (exact) mass is 362 g/mol. The average molecular weight is 362 g/mol. The third-order valence-electron chi connectivity index (χ3n) is 3.76. The Morgan fingerprint density at radius 1 is 1.24 bits per heavy atom. The Balaban J connectivity index is 1.93. The second kappa shape index (κ2) is 9.24. The zero-order valence-corrected chi connectivity index (χ0v) is 15.0. The lowest BCUT2D eigenvalue weighted by atomic mass is 9.93. The summed E-state index contributed by atoms with van der Waals surface area (Å²) >= 11 is 1.30. The highest BCUT2D eigenvalue weighted by Crippen LogP contribution is 2.19. The van der Waals surface area contributed by atoms with E-state index in [4.69, 9.17) is 5.21 Å². The van der Waals surface area contributed by atoms with Crippen LogP contribution in [0, 0.1) is 11.8 Å². The van der Waals surface area contributed by atoms with Gasteiger partial charge in [0, 0.05) is 29.8 Å². The molecule has 7 nitrogen and oxygen atoms in total. The van der Waals surface area contributed by atoms with Crippen molar-refractivity contribution in [2.45, 2.75) is 33.2 Å².